The lowest BCUT2D eigenvalue weighted by Crippen LogP contribution is -2.36. The van der Waals surface area contributed by atoms with E-state index in [9.17, 15) is 18.0 Å². The summed E-state index contributed by atoms with van der Waals surface area (Å²) in [6.07, 6.45) is -5.08. The van der Waals surface area contributed by atoms with Gasteiger partial charge in [-0.1, -0.05) is 0 Å². The fourth-order valence-corrected chi connectivity index (χ4v) is 2.06. The van der Waals surface area contributed by atoms with Crippen LogP contribution in [0.4, 0.5) is 19.0 Å². The highest BCUT2D eigenvalue weighted by Gasteiger charge is 2.38. The largest absolute Gasteiger partial charge is 0.490 e. The fourth-order valence-electron chi connectivity index (χ4n) is 2.06. The number of nitrogens with one attached hydrogen (secondary N) is 1. The van der Waals surface area contributed by atoms with E-state index in [2.05, 4.69) is 15.2 Å². The first kappa shape index (κ1) is 17.0. The quantitative estimate of drug-likeness (QED) is 0.790. The minimum atomic E-state index is -5.08. The molecular formula is C13H14F3N3O4. The number of hydrogen-bond acceptors (Lipinski definition) is 5. The molecule has 0 aromatic carbocycles. The van der Waals surface area contributed by atoms with Crippen molar-refractivity contribution in [3.05, 3.63) is 23.4 Å². The second-order valence-electron chi connectivity index (χ2n) is 4.75. The van der Waals surface area contributed by atoms with Crippen molar-refractivity contribution in [2.24, 2.45) is 0 Å². The molecule has 1 saturated heterocycles. The summed E-state index contributed by atoms with van der Waals surface area (Å²) in [6, 6.07) is 3.77. The van der Waals surface area contributed by atoms with Crippen LogP contribution in [0.15, 0.2) is 12.1 Å². The molecule has 7 nitrogen and oxygen atoms in total. The van der Waals surface area contributed by atoms with Gasteiger partial charge in [0.2, 0.25) is 0 Å². The van der Waals surface area contributed by atoms with Gasteiger partial charge in [0.25, 0.3) is 5.91 Å². The van der Waals surface area contributed by atoms with E-state index < -0.39 is 12.1 Å². The van der Waals surface area contributed by atoms with Gasteiger partial charge in [0, 0.05) is 13.1 Å². The van der Waals surface area contributed by atoms with Gasteiger partial charge in [-0.25, -0.2) is 9.78 Å². The highest BCUT2D eigenvalue weighted by molar-refractivity contribution is 5.97. The molecule has 126 valence electrons. The van der Waals surface area contributed by atoms with E-state index in [1.807, 2.05) is 12.1 Å². The van der Waals surface area contributed by atoms with Crippen molar-refractivity contribution >= 4 is 17.7 Å². The molecule has 0 unspecified atom stereocenters. The number of morpholine rings is 1. The van der Waals surface area contributed by atoms with Crippen LogP contribution in [0.1, 0.15) is 16.1 Å². The highest BCUT2D eigenvalue weighted by Crippen LogP contribution is 2.19. The number of carbonyl (C=O) groups excluding carboxylic acids is 1. The maximum atomic E-state index is 11.4. The first-order valence-corrected chi connectivity index (χ1v) is 6.70. The topological polar surface area (TPSA) is 91.8 Å². The molecular weight excluding hydrogens is 319 g/mol. The zero-order chi connectivity index (χ0) is 17.0. The number of carboxylic acids is 1. The summed E-state index contributed by atoms with van der Waals surface area (Å²) in [5.74, 6) is -1.83. The molecule has 0 radical (unpaired) electrons. The van der Waals surface area contributed by atoms with Gasteiger partial charge in [-0.05, 0) is 12.1 Å². The van der Waals surface area contributed by atoms with Crippen LogP contribution >= 0.6 is 0 Å². The minimum Gasteiger partial charge on any atom is -0.475 e. The van der Waals surface area contributed by atoms with E-state index in [4.69, 9.17) is 14.6 Å². The molecule has 2 aliphatic rings. The van der Waals surface area contributed by atoms with Crippen molar-refractivity contribution in [3.8, 4) is 0 Å². The standard InChI is InChI=1S/C11H13N3O2.C2HF3O2/c15-11-8-1-2-10(13-9(8)7-12-11)14-3-5-16-6-4-14;3-2(4,5)1(6)7/h1-2H,3-7H2,(H,12,15);(H,6,7). The van der Waals surface area contributed by atoms with E-state index in [-0.39, 0.29) is 5.91 Å². The second kappa shape index (κ2) is 6.82. The summed E-state index contributed by atoms with van der Waals surface area (Å²) < 4.78 is 37.0. The SMILES string of the molecule is O=C(O)C(F)(F)F.O=C1NCc2nc(N3CCOCC3)ccc21. The number of hydrogen-bond donors (Lipinski definition) is 2. The van der Waals surface area contributed by atoms with Gasteiger partial charge in [0.15, 0.2) is 0 Å². The van der Waals surface area contributed by atoms with Crippen LogP contribution in [-0.4, -0.2) is 54.4 Å². The number of amides is 1. The predicted octanol–water partition coefficient (Wildman–Crippen LogP) is 0.795. The molecule has 1 aromatic heterocycles. The van der Waals surface area contributed by atoms with Crippen molar-refractivity contribution < 1.29 is 32.6 Å². The number of nitrogens with zero attached hydrogens (tertiary/aromatic N) is 2. The average Bonchev–Trinajstić information content (AvgIpc) is 2.89. The maximum absolute atomic E-state index is 11.4. The van der Waals surface area contributed by atoms with Crippen molar-refractivity contribution in [1.29, 1.82) is 0 Å². The third-order valence-electron chi connectivity index (χ3n) is 3.20. The average molecular weight is 333 g/mol. The Morgan fingerprint density at radius 2 is 1.91 bits per heavy atom. The number of ether oxygens (including phenoxy) is 1. The third kappa shape index (κ3) is 4.31. The van der Waals surface area contributed by atoms with Crippen LogP contribution in [0.25, 0.3) is 0 Å². The predicted molar refractivity (Wildman–Crippen MR) is 72.1 cm³/mol. The first-order valence-electron chi connectivity index (χ1n) is 6.70. The Morgan fingerprint density at radius 3 is 2.48 bits per heavy atom. The molecule has 1 aromatic rings. The zero-order valence-electron chi connectivity index (χ0n) is 11.9. The monoisotopic (exact) mass is 333 g/mol. The Labute approximate surface area is 129 Å². The number of carboxylic acid groups (broad SMARTS) is 1. The van der Waals surface area contributed by atoms with E-state index >= 15 is 0 Å². The number of pyridine rings is 1. The van der Waals surface area contributed by atoms with Crippen molar-refractivity contribution in [3.63, 3.8) is 0 Å². The van der Waals surface area contributed by atoms with Gasteiger partial charge < -0.3 is 20.1 Å². The lowest BCUT2D eigenvalue weighted by atomic mass is 10.2. The maximum Gasteiger partial charge on any atom is 0.490 e. The van der Waals surface area contributed by atoms with Crippen molar-refractivity contribution in [2.45, 2.75) is 12.7 Å². The van der Waals surface area contributed by atoms with Crippen LogP contribution in [0.2, 0.25) is 0 Å². The van der Waals surface area contributed by atoms with Crippen LogP contribution in [0, 0.1) is 0 Å². The van der Waals surface area contributed by atoms with Crippen LogP contribution in [0.5, 0.6) is 0 Å². The van der Waals surface area contributed by atoms with Gasteiger partial charge in [-0.3, -0.25) is 4.79 Å². The number of fused-ring (bicyclic) bond motifs is 1. The van der Waals surface area contributed by atoms with Crippen molar-refractivity contribution in [2.75, 3.05) is 31.2 Å². The van der Waals surface area contributed by atoms with E-state index in [0.717, 1.165) is 37.8 Å². The molecule has 2 N–H and O–H groups in total. The second-order valence-corrected chi connectivity index (χ2v) is 4.75. The molecule has 0 bridgehead atoms. The van der Waals surface area contributed by atoms with Crippen molar-refractivity contribution in [1.82, 2.24) is 10.3 Å². The Balaban J connectivity index is 0.000000236. The highest BCUT2D eigenvalue weighted by atomic mass is 19.4. The summed E-state index contributed by atoms with van der Waals surface area (Å²) in [5, 5.41) is 9.90. The summed E-state index contributed by atoms with van der Waals surface area (Å²) in [5.41, 5.74) is 1.56. The fraction of sp³-hybridized carbons (Fsp3) is 0.462. The van der Waals surface area contributed by atoms with Gasteiger partial charge in [-0.2, -0.15) is 13.2 Å². The number of aliphatic carboxylic acids is 1. The minimum absolute atomic E-state index is 0.0176. The third-order valence-corrected chi connectivity index (χ3v) is 3.20. The van der Waals surface area contributed by atoms with Gasteiger partial charge in [-0.15, -0.1) is 0 Å². The molecule has 0 saturated carbocycles. The molecule has 1 fully saturated rings. The molecule has 0 spiro atoms. The molecule has 2 aliphatic heterocycles. The van der Waals surface area contributed by atoms with Crippen LogP contribution in [-0.2, 0) is 16.1 Å². The Kier molecular flexibility index (Phi) is 5.04. The summed E-state index contributed by atoms with van der Waals surface area (Å²) in [6.45, 7) is 3.78. The van der Waals surface area contributed by atoms with Crippen LogP contribution in [0.3, 0.4) is 0 Å². The Hall–Kier alpha value is -2.36. The lowest BCUT2D eigenvalue weighted by Gasteiger charge is -2.27. The number of aromatic nitrogens is 1. The summed E-state index contributed by atoms with van der Waals surface area (Å²) in [7, 11) is 0. The lowest BCUT2D eigenvalue weighted by molar-refractivity contribution is -0.192. The normalized spacial score (nSPS) is 17.0. The Morgan fingerprint density at radius 1 is 1.30 bits per heavy atom. The number of halogens is 3. The number of rotatable bonds is 1. The number of anilines is 1. The van der Waals surface area contributed by atoms with E-state index in [0.29, 0.717) is 12.1 Å². The summed E-state index contributed by atoms with van der Waals surface area (Å²) >= 11 is 0. The molecule has 0 atom stereocenters. The summed E-state index contributed by atoms with van der Waals surface area (Å²) in [4.78, 5) is 27.0. The first-order chi connectivity index (χ1) is 10.8. The van der Waals surface area contributed by atoms with Gasteiger partial charge >= 0.3 is 12.1 Å². The zero-order valence-corrected chi connectivity index (χ0v) is 11.9. The molecule has 3 heterocycles. The van der Waals surface area contributed by atoms with Crippen LogP contribution < -0.4 is 10.2 Å². The smallest absolute Gasteiger partial charge is 0.475 e. The number of carbonyl (C=O) groups is 2. The Bertz CT molecular complexity index is 601. The van der Waals surface area contributed by atoms with Gasteiger partial charge in [0.05, 0.1) is 31.0 Å². The number of alkyl halides is 3. The molecule has 3 rings (SSSR count). The van der Waals surface area contributed by atoms with Gasteiger partial charge in [0.1, 0.15) is 5.82 Å². The van der Waals surface area contributed by atoms with E-state index in [1.165, 1.54) is 0 Å². The molecule has 23 heavy (non-hydrogen) atoms. The molecule has 10 heteroatoms. The van der Waals surface area contributed by atoms with E-state index in [1.54, 1.807) is 0 Å². The molecule has 0 aliphatic carbocycles. The molecule has 1 amide bonds.